The van der Waals surface area contributed by atoms with Gasteiger partial charge in [-0.05, 0) is 37.8 Å². The van der Waals surface area contributed by atoms with E-state index < -0.39 is 0 Å². The second kappa shape index (κ2) is 6.24. The smallest absolute Gasteiger partial charge is 0.0417 e. The Balaban J connectivity index is 2.32. The van der Waals surface area contributed by atoms with Crippen molar-refractivity contribution < 1.29 is 0 Å². The summed E-state index contributed by atoms with van der Waals surface area (Å²) >= 11 is 0. The van der Waals surface area contributed by atoms with Crippen LogP contribution in [0, 0.1) is 0 Å². The van der Waals surface area contributed by atoms with Crippen molar-refractivity contribution in [1.29, 1.82) is 0 Å². The standard InChI is InChI=1S/C16H26N2/c1-3-14-9-5-4-8-12-18(14)16-11-7-6-10-15(16)13(2)17/h6-7,10-11,13-14H,3-5,8-9,12,17H2,1-2H3. The Labute approximate surface area is 111 Å². The van der Waals surface area contributed by atoms with E-state index in [-0.39, 0.29) is 6.04 Å². The lowest BCUT2D eigenvalue weighted by molar-refractivity contribution is 0.553. The van der Waals surface area contributed by atoms with Gasteiger partial charge < -0.3 is 10.6 Å². The van der Waals surface area contributed by atoms with Crippen molar-refractivity contribution in [3.63, 3.8) is 0 Å². The van der Waals surface area contributed by atoms with Crippen LogP contribution in [0.4, 0.5) is 5.69 Å². The zero-order chi connectivity index (χ0) is 13.0. The predicted octanol–water partition coefficient (Wildman–Crippen LogP) is 3.87. The third-order valence-electron chi connectivity index (χ3n) is 4.09. The van der Waals surface area contributed by atoms with E-state index in [1.54, 1.807) is 0 Å². The molecule has 1 aromatic carbocycles. The minimum Gasteiger partial charge on any atom is -0.368 e. The van der Waals surface area contributed by atoms with Gasteiger partial charge in [-0.15, -0.1) is 0 Å². The molecule has 2 nitrogen and oxygen atoms in total. The molecular weight excluding hydrogens is 220 g/mol. The number of nitrogens with zero attached hydrogens (tertiary/aromatic N) is 1. The van der Waals surface area contributed by atoms with Crippen LogP contribution in [0.5, 0.6) is 0 Å². The zero-order valence-corrected chi connectivity index (χ0v) is 11.7. The fraction of sp³-hybridized carbons (Fsp3) is 0.625. The highest BCUT2D eigenvalue weighted by Gasteiger charge is 2.22. The Hall–Kier alpha value is -1.02. The van der Waals surface area contributed by atoms with E-state index in [1.807, 2.05) is 0 Å². The minimum absolute atomic E-state index is 0.113. The first kappa shape index (κ1) is 13.4. The summed E-state index contributed by atoms with van der Waals surface area (Å²) in [5.41, 5.74) is 8.77. The Bertz CT molecular complexity index is 373. The SMILES string of the molecule is CCC1CCCCCN1c1ccccc1C(C)N. The highest BCUT2D eigenvalue weighted by atomic mass is 15.2. The van der Waals surface area contributed by atoms with Crippen LogP contribution < -0.4 is 10.6 Å². The van der Waals surface area contributed by atoms with Crippen molar-refractivity contribution in [2.24, 2.45) is 5.73 Å². The number of para-hydroxylation sites is 1. The first-order valence-corrected chi connectivity index (χ1v) is 7.35. The number of rotatable bonds is 3. The lowest BCUT2D eigenvalue weighted by Crippen LogP contribution is -2.35. The molecule has 0 aliphatic carbocycles. The molecule has 2 rings (SSSR count). The van der Waals surface area contributed by atoms with Crippen LogP contribution in [-0.2, 0) is 0 Å². The van der Waals surface area contributed by atoms with E-state index >= 15 is 0 Å². The molecule has 0 amide bonds. The number of nitrogens with two attached hydrogens (primary N) is 1. The van der Waals surface area contributed by atoms with Crippen molar-refractivity contribution >= 4 is 5.69 Å². The molecule has 2 heteroatoms. The van der Waals surface area contributed by atoms with Crippen LogP contribution in [0.2, 0.25) is 0 Å². The van der Waals surface area contributed by atoms with Crippen LogP contribution in [0.15, 0.2) is 24.3 Å². The zero-order valence-electron chi connectivity index (χ0n) is 11.7. The second-order valence-electron chi connectivity index (χ2n) is 5.45. The molecule has 100 valence electrons. The summed E-state index contributed by atoms with van der Waals surface area (Å²) in [7, 11) is 0. The largest absolute Gasteiger partial charge is 0.368 e. The van der Waals surface area contributed by atoms with Crippen LogP contribution in [0.3, 0.4) is 0 Å². The van der Waals surface area contributed by atoms with Gasteiger partial charge in [0.2, 0.25) is 0 Å². The molecule has 0 saturated carbocycles. The molecule has 1 heterocycles. The lowest BCUT2D eigenvalue weighted by atomic mass is 10.0. The summed E-state index contributed by atoms with van der Waals surface area (Å²) in [6.45, 7) is 5.57. The quantitative estimate of drug-likeness (QED) is 0.877. The third kappa shape index (κ3) is 2.86. The summed E-state index contributed by atoms with van der Waals surface area (Å²) in [6, 6.07) is 9.46. The summed E-state index contributed by atoms with van der Waals surface area (Å²) in [6.07, 6.45) is 6.60. The van der Waals surface area contributed by atoms with E-state index in [1.165, 1.54) is 49.9 Å². The number of benzene rings is 1. The van der Waals surface area contributed by atoms with Gasteiger partial charge in [0, 0.05) is 24.3 Å². The van der Waals surface area contributed by atoms with Gasteiger partial charge in [0.05, 0.1) is 0 Å². The minimum atomic E-state index is 0.113. The molecule has 1 aromatic rings. The summed E-state index contributed by atoms with van der Waals surface area (Å²) < 4.78 is 0. The maximum Gasteiger partial charge on any atom is 0.0417 e. The van der Waals surface area contributed by atoms with Gasteiger partial charge in [-0.3, -0.25) is 0 Å². The van der Waals surface area contributed by atoms with Crippen molar-refractivity contribution in [3.8, 4) is 0 Å². The Morgan fingerprint density at radius 2 is 2.06 bits per heavy atom. The molecule has 1 saturated heterocycles. The van der Waals surface area contributed by atoms with Gasteiger partial charge in [0.25, 0.3) is 0 Å². The third-order valence-corrected chi connectivity index (χ3v) is 4.09. The first-order chi connectivity index (χ1) is 8.74. The van der Waals surface area contributed by atoms with Gasteiger partial charge in [0.15, 0.2) is 0 Å². The molecule has 2 unspecified atom stereocenters. The van der Waals surface area contributed by atoms with Crippen molar-refractivity contribution in [2.45, 2.75) is 58.0 Å². The summed E-state index contributed by atoms with van der Waals surface area (Å²) in [4.78, 5) is 2.60. The highest BCUT2D eigenvalue weighted by molar-refractivity contribution is 5.55. The second-order valence-corrected chi connectivity index (χ2v) is 5.45. The van der Waals surface area contributed by atoms with Crippen LogP contribution in [-0.4, -0.2) is 12.6 Å². The van der Waals surface area contributed by atoms with Crippen molar-refractivity contribution in [2.75, 3.05) is 11.4 Å². The Morgan fingerprint density at radius 3 is 2.78 bits per heavy atom. The molecule has 0 radical (unpaired) electrons. The van der Waals surface area contributed by atoms with E-state index in [0.29, 0.717) is 6.04 Å². The molecule has 0 spiro atoms. The van der Waals surface area contributed by atoms with Gasteiger partial charge >= 0.3 is 0 Å². The Morgan fingerprint density at radius 1 is 1.28 bits per heavy atom. The van der Waals surface area contributed by atoms with Crippen molar-refractivity contribution in [1.82, 2.24) is 0 Å². The van der Waals surface area contributed by atoms with Crippen LogP contribution in [0.25, 0.3) is 0 Å². The number of hydrogen-bond acceptors (Lipinski definition) is 2. The summed E-state index contributed by atoms with van der Waals surface area (Å²) in [5, 5.41) is 0. The summed E-state index contributed by atoms with van der Waals surface area (Å²) in [5.74, 6) is 0. The maximum atomic E-state index is 6.12. The van der Waals surface area contributed by atoms with E-state index in [2.05, 4.69) is 43.0 Å². The molecule has 2 N–H and O–H groups in total. The maximum absolute atomic E-state index is 6.12. The first-order valence-electron chi connectivity index (χ1n) is 7.35. The normalized spacial score (nSPS) is 22.6. The predicted molar refractivity (Wildman–Crippen MR) is 78.9 cm³/mol. The Kier molecular flexibility index (Phi) is 4.65. The average Bonchev–Trinajstić information content (AvgIpc) is 2.63. The van der Waals surface area contributed by atoms with E-state index in [9.17, 15) is 0 Å². The van der Waals surface area contributed by atoms with Gasteiger partial charge in [0.1, 0.15) is 0 Å². The van der Waals surface area contributed by atoms with Gasteiger partial charge in [-0.2, -0.15) is 0 Å². The molecule has 1 aliphatic heterocycles. The average molecular weight is 246 g/mol. The monoisotopic (exact) mass is 246 g/mol. The van der Waals surface area contributed by atoms with Crippen LogP contribution in [0.1, 0.15) is 57.6 Å². The van der Waals surface area contributed by atoms with Gasteiger partial charge in [-0.25, -0.2) is 0 Å². The number of anilines is 1. The lowest BCUT2D eigenvalue weighted by Gasteiger charge is -2.33. The topological polar surface area (TPSA) is 29.3 Å². The van der Waals surface area contributed by atoms with Crippen molar-refractivity contribution in [3.05, 3.63) is 29.8 Å². The van der Waals surface area contributed by atoms with E-state index in [4.69, 9.17) is 5.73 Å². The fourth-order valence-electron chi connectivity index (χ4n) is 3.05. The molecular formula is C16H26N2. The molecule has 2 atom stereocenters. The van der Waals surface area contributed by atoms with Crippen LogP contribution >= 0.6 is 0 Å². The van der Waals surface area contributed by atoms with E-state index in [0.717, 1.165) is 0 Å². The molecule has 0 bridgehead atoms. The molecule has 1 aliphatic rings. The fourth-order valence-corrected chi connectivity index (χ4v) is 3.05. The van der Waals surface area contributed by atoms with Gasteiger partial charge in [-0.1, -0.05) is 38.0 Å². The molecule has 18 heavy (non-hydrogen) atoms. The molecule has 0 aromatic heterocycles. The highest BCUT2D eigenvalue weighted by Crippen LogP contribution is 2.31. The molecule has 1 fully saturated rings. The number of hydrogen-bond donors (Lipinski definition) is 1.